The number of nitrogens with one attached hydrogen (secondary N) is 4. The van der Waals surface area contributed by atoms with Crippen LogP contribution in [0.4, 0.5) is 23.7 Å². The number of aromatic nitrogens is 2. The molecule has 0 spiro atoms. The first-order chi connectivity index (χ1) is 15.2. The highest BCUT2D eigenvalue weighted by Gasteiger charge is 2.35. The molecule has 7 nitrogen and oxygen atoms in total. The van der Waals surface area contributed by atoms with Gasteiger partial charge in [0.2, 0.25) is 0 Å². The number of urea groups is 1. The molecular weight excluding hydrogens is 442 g/mol. The Hall–Kier alpha value is -3.39. The first-order valence-corrected chi connectivity index (χ1v) is 10.0. The second-order valence-electron chi connectivity index (χ2n) is 6.96. The summed E-state index contributed by atoms with van der Waals surface area (Å²) in [6.07, 6.45) is -2.17. The predicted molar refractivity (Wildman–Crippen MR) is 120 cm³/mol. The molecule has 1 aliphatic rings. The fourth-order valence-electron chi connectivity index (χ4n) is 3.29. The molecule has 1 aliphatic heterocycles. The first kappa shape index (κ1) is 23.3. The average molecular weight is 463 g/mol. The number of H-pyrrole nitrogens is 1. The minimum Gasteiger partial charge on any atom is -0.388 e. The van der Waals surface area contributed by atoms with E-state index in [0.29, 0.717) is 12.0 Å². The van der Waals surface area contributed by atoms with Crippen molar-refractivity contribution in [2.24, 2.45) is 0 Å². The molecule has 2 aromatic carbocycles. The Balaban J connectivity index is 0.000000219. The van der Waals surface area contributed by atoms with E-state index in [1.54, 1.807) is 0 Å². The number of nitrogens with zero attached hydrogens (tertiary/aromatic N) is 1. The van der Waals surface area contributed by atoms with E-state index in [4.69, 9.17) is 0 Å². The van der Waals surface area contributed by atoms with Crippen molar-refractivity contribution in [3.63, 3.8) is 0 Å². The Kier molecular flexibility index (Phi) is 6.84. The van der Waals surface area contributed by atoms with Crippen LogP contribution in [0.2, 0.25) is 0 Å². The molecule has 0 aliphatic carbocycles. The minimum absolute atomic E-state index is 0.0932. The molecule has 0 radical (unpaired) electrons. The summed E-state index contributed by atoms with van der Waals surface area (Å²) < 4.78 is 38.8. The van der Waals surface area contributed by atoms with Crippen LogP contribution in [0.5, 0.6) is 0 Å². The molecule has 3 aromatic rings. The number of alkyl halides is 3. The first-order valence-electron chi connectivity index (χ1n) is 9.45. The van der Waals surface area contributed by atoms with Crippen molar-refractivity contribution in [2.45, 2.75) is 19.1 Å². The van der Waals surface area contributed by atoms with Crippen LogP contribution in [-0.2, 0) is 11.0 Å². The van der Waals surface area contributed by atoms with Crippen LogP contribution in [0.1, 0.15) is 24.1 Å². The van der Waals surface area contributed by atoms with E-state index in [-0.39, 0.29) is 16.4 Å². The topological polar surface area (TPSA) is 98.9 Å². The molecule has 2 heterocycles. The average Bonchev–Trinajstić information content (AvgIpc) is 3.21. The lowest BCUT2D eigenvalue weighted by molar-refractivity contribution is -0.136. The molecule has 2 atom stereocenters. The molecule has 0 saturated carbocycles. The van der Waals surface area contributed by atoms with Crippen molar-refractivity contribution in [1.82, 2.24) is 20.8 Å². The molecule has 168 valence electrons. The number of aromatic amines is 1. The third kappa shape index (κ3) is 4.91. The van der Waals surface area contributed by atoms with Crippen molar-refractivity contribution in [2.75, 3.05) is 12.4 Å². The SMILES string of the molecule is CC1=C(C=O)C(c2cccc(C(F)(F)F)c2P)NC(=O)N1.CNc1ccc2[nH]ncc2c1. The molecule has 4 N–H and O–H groups in total. The number of benzene rings is 2. The van der Waals surface area contributed by atoms with Crippen LogP contribution in [-0.4, -0.2) is 29.6 Å². The van der Waals surface area contributed by atoms with Crippen LogP contribution in [0.3, 0.4) is 0 Å². The number of halogens is 3. The highest BCUT2D eigenvalue weighted by atomic mass is 31.0. The van der Waals surface area contributed by atoms with E-state index < -0.39 is 23.8 Å². The largest absolute Gasteiger partial charge is 0.417 e. The van der Waals surface area contributed by atoms with E-state index in [1.807, 2.05) is 34.6 Å². The van der Waals surface area contributed by atoms with Crippen LogP contribution in [0, 0.1) is 0 Å². The van der Waals surface area contributed by atoms with Crippen LogP contribution < -0.4 is 21.3 Å². The summed E-state index contributed by atoms with van der Waals surface area (Å²) in [5.41, 5.74) is 2.09. The second-order valence-corrected chi connectivity index (χ2v) is 7.54. The van der Waals surface area contributed by atoms with E-state index in [0.717, 1.165) is 22.7 Å². The molecule has 2 unspecified atom stereocenters. The van der Waals surface area contributed by atoms with Gasteiger partial charge < -0.3 is 16.0 Å². The minimum atomic E-state index is -4.51. The van der Waals surface area contributed by atoms with Gasteiger partial charge in [-0.2, -0.15) is 18.3 Å². The summed E-state index contributed by atoms with van der Waals surface area (Å²) in [4.78, 5) is 22.7. The molecular formula is C21H21F3N5O2P. The number of fused-ring (bicyclic) bond motifs is 1. The molecule has 0 bridgehead atoms. The summed E-state index contributed by atoms with van der Waals surface area (Å²) in [5.74, 6) is 0. The maximum Gasteiger partial charge on any atom is 0.417 e. The second kappa shape index (κ2) is 9.40. The van der Waals surface area contributed by atoms with Gasteiger partial charge in [-0.3, -0.25) is 9.89 Å². The Morgan fingerprint density at radius 1 is 1.22 bits per heavy atom. The maximum atomic E-state index is 12.9. The smallest absolute Gasteiger partial charge is 0.388 e. The van der Waals surface area contributed by atoms with Gasteiger partial charge in [0.1, 0.15) is 6.29 Å². The Bertz CT molecular complexity index is 1190. The highest BCUT2D eigenvalue weighted by Crippen LogP contribution is 2.32. The van der Waals surface area contributed by atoms with Crippen LogP contribution in [0.15, 0.2) is 53.9 Å². The fraction of sp³-hybridized carbons (Fsp3) is 0.190. The molecule has 0 fully saturated rings. The van der Waals surface area contributed by atoms with Crippen LogP contribution >= 0.6 is 9.24 Å². The third-order valence-electron chi connectivity index (χ3n) is 4.93. The summed E-state index contributed by atoms with van der Waals surface area (Å²) in [7, 11) is 3.94. The fourth-order valence-corrected chi connectivity index (χ4v) is 3.81. The lowest BCUT2D eigenvalue weighted by atomic mass is 9.95. The molecule has 4 rings (SSSR count). The number of hydrogen-bond acceptors (Lipinski definition) is 4. The zero-order chi connectivity index (χ0) is 23.5. The molecule has 0 saturated heterocycles. The van der Waals surface area contributed by atoms with Crippen molar-refractivity contribution in [1.29, 1.82) is 0 Å². The summed E-state index contributed by atoms with van der Waals surface area (Å²) >= 11 is 0. The van der Waals surface area contributed by atoms with E-state index >= 15 is 0 Å². The number of anilines is 1. The van der Waals surface area contributed by atoms with Gasteiger partial charge in [-0.1, -0.05) is 12.1 Å². The van der Waals surface area contributed by atoms with Crippen molar-refractivity contribution in [3.8, 4) is 0 Å². The van der Waals surface area contributed by atoms with Crippen molar-refractivity contribution < 1.29 is 22.8 Å². The van der Waals surface area contributed by atoms with E-state index in [9.17, 15) is 22.8 Å². The van der Waals surface area contributed by atoms with Gasteiger partial charge in [-0.15, -0.1) is 9.24 Å². The van der Waals surface area contributed by atoms with Gasteiger partial charge in [-0.05, 0) is 42.1 Å². The zero-order valence-corrected chi connectivity index (χ0v) is 18.3. The lowest BCUT2D eigenvalue weighted by Crippen LogP contribution is -2.44. The Labute approximate surface area is 184 Å². The number of carbonyl (C=O) groups excluding carboxylic acids is 2. The van der Waals surface area contributed by atoms with Crippen LogP contribution in [0.25, 0.3) is 10.9 Å². The standard InChI is InChI=1S/C13H12F3N2O2P.C8H9N3/c1-6-8(5-19)10(18-12(20)17-6)7-3-2-4-9(11(7)21)13(14,15)16;1-9-7-2-3-8-6(4-7)5-10-11-8/h2-5,10H,21H2,1H3,(H2,17,18,20);2-5,9H,1H3,(H,10,11). The maximum absolute atomic E-state index is 12.9. The van der Waals surface area contributed by atoms with Gasteiger partial charge in [0, 0.05) is 29.4 Å². The highest BCUT2D eigenvalue weighted by molar-refractivity contribution is 7.27. The Morgan fingerprint density at radius 2 is 1.97 bits per heavy atom. The summed E-state index contributed by atoms with van der Waals surface area (Å²) in [5, 5.41) is 15.8. The van der Waals surface area contributed by atoms with Crippen molar-refractivity contribution >= 4 is 43.5 Å². The number of allylic oxidation sites excluding steroid dienone is 1. The molecule has 1 aromatic heterocycles. The predicted octanol–water partition coefficient (Wildman–Crippen LogP) is 3.64. The monoisotopic (exact) mass is 463 g/mol. The van der Waals surface area contributed by atoms with Gasteiger partial charge in [0.05, 0.1) is 23.3 Å². The van der Waals surface area contributed by atoms with Gasteiger partial charge in [0.25, 0.3) is 0 Å². The number of aldehydes is 1. The summed E-state index contributed by atoms with van der Waals surface area (Å²) in [6.45, 7) is 1.52. The van der Waals surface area contributed by atoms with Gasteiger partial charge in [-0.25, -0.2) is 4.79 Å². The third-order valence-corrected chi connectivity index (χ3v) is 5.58. The number of amides is 2. The van der Waals surface area contributed by atoms with Crippen molar-refractivity contribution in [3.05, 3.63) is 65.0 Å². The van der Waals surface area contributed by atoms with E-state index in [2.05, 4.69) is 32.2 Å². The number of rotatable bonds is 3. The molecule has 2 amide bonds. The summed E-state index contributed by atoms with van der Waals surface area (Å²) in [6, 6.07) is 8.25. The quantitative estimate of drug-likeness (QED) is 0.352. The normalized spacial score (nSPS) is 16.1. The zero-order valence-electron chi connectivity index (χ0n) is 17.2. The van der Waals surface area contributed by atoms with E-state index in [1.165, 1.54) is 19.1 Å². The lowest BCUT2D eigenvalue weighted by Gasteiger charge is -2.28. The Morgan fingerprint density at radius 3 is 2.62 bits per heavy atom. The van der Waals surface area contributed by atoms with Gasteiger partial charge in [0.15, 0.2) is 0 Å². The number of hydrogen-bond donors (Lipinski definition) is 4. The molecule has 11 heteroatoms. The molecule has 32 heavy (non-hydrogen) atoms. The number of carbonyl (C=O) groups is 2. The van der Waals surface area contributed by atoms with Gasteiger partial charge >= 0.3 is 12.2 Å².